The van der Waals surface area contributed by atoms with Gasteiger partial charge in [0.2, 0.25) is 0 Å². The number of benzene rings is 2. The fourth-order valence-corrected chi connectivity index (χ4v) is 2.58. The largest absolute Gasteiger partial charge is 0.416 e. The first-order chi connectivity index (χ1) is 9.77. The molecule has 0 saturated heterocycles. The normalized spacial score (nSPS) is 11.4. The molecule has 0 aliphatic carbocycles. The maximum Gasteiger partial charge on any atom is 0.416 e. The number of amidine groups is 1. The van der Waals surface area contributed by atoms with E-state index in [-0.39, 0.29) is 5.56 Å². The summed E-state index contributed by atoms with van der Waals surface area (Å²) in [6.45, 7) is 0. The monoisotopic (exact) mass is 314 g/mol. The van der Waals surface area contributed by atoms with Gasteiger partial charge in [-0.1, -0.05) is 11.8 Å². The Bertz CT molecular complexity index is 666. The van der Waals surface area contributed by atoms with E-state index in [4.69, 9.17) is 11.1 Å². The van der Waals surface area contributed by atoms with Crippen LogP contribution >= 0.6 is 11.8 Å². The van der Waals surface area contributed by atoms with Crippen LogP contribution in [-0.2, 0) is 6.18 Å². The number of halogens is 4. The van der Waals surface area contributed by atoms with Crippen molar-refractivity contribution in [2.24, 2.45) is 5.73 Å². The lowest BCUT2D eigenvalue weighted by molar-refractivity contribution is -0.137. The van der Waals surface area contributed by atoms with Crippen molar-refractivity contribution in [3.8, 4) is 0 Å². The van der Waals surface area contributed by atoms with Crippen molar-refractivity contribution in [1.82, 2.24) is 0 Å². The Balaban J connectivity index is 2.39. The van der Waals surface area contributed by atoms with Crippen molar-refractivity contribution in [1.29, 1.82) is 5.41 Å². The number of hydrogen-bond donors (Lipinski definition) is 2. The SMILES string of the molecule is N=C(N)c1cc(C(F)(F)F)ccc1Sc1ccc(F)cc1. The van der Waals surface area contributed by atoms with E-state index in [1.54, 1.807) is 0 Å². The van der Waals surface area contributed by atoms with Crippen molar-refractivity contribution < 1.29 is 17.6 Å². The number of nitrogen functional groups attached to an aromatic ring is 1. The number of alkyl halides is 3. The molecule has 0 unspecified atom stereocenters. The van der Waals surface area contributed by atoms with Crippen LogP contribution in [0.15, 0.2) is 52.3 Å². The average molecular weight is 314 g/mol. The highest BCUT2D eigenvalue weighted by atomic mass is 32.2. The molecule has 0 aliphatic heterocycles. The Morgan fingerprint density at radius 2 is 1.67 bits per heavy atom. The van der Waals surface area contributed by atoms with Crippen LogP contribution in [0.25, 0.3) is 0 Å². The van der Waals surface area contributed by atoms with Gasteiger partial charge in [0.1, 0.15) is 11.7 Å². The lowest BCUT2D eigenvalue weighted by atomic mass is 10.1. The molecule has 0 saturated carbocycles. The molecule has 2 nitrogen and oxygen atoms in total. The molecule has 2 aromatic rings. The molecule has 2 rings (SSSR count). The smallest absolute Gasteiger partial charge is 0.384 e. The third kappa shape index (κ3) is 3.75. The zero-order valence-corrected chi connectivity index (χ0v) is 11.4. The van der Waals surface area contributed by atoms with Crippen molar-refractivity contribution in [3.63, 3.8) is 0 Å². The molecule has 0 bridgehead atoms. The van der Waals surface area contributed by atoms with E-state index in [1.807, 2.05) is 0 Å². The van der Waals surface area contributed by atoms with Gasteiger partial charge in [-0.15, -0.1) is 0 Å². The predicted molar refractivity (Wildman–Crippen MR) is 73.0 cm³/mol. The van der Waals surface area contributed by atoms with Crippen LogP contribution in [0.5, 0.6) is 0 Å². The van der Waals surface area contributed by atoms with Crippen molar-refractivity contribution in [2.45, 2.75) is 16.0 Å². The Morgan fingerprint density at radius 3 is 2.19 bits per heavy atom. The molecular weight excluding hydrogens is 304 g/mol. The Kier molecular flexibility index (Phi) is 4.22. The molecule has 21 heavy (non-hydrogen) atoms. The molecular formula is C14H10F4N2S. The van der Waals surface area contributed by atoms with Gasteiger partial charge in [0.05, 0.1) is 5.56 Å². The van der Waals surface area contributed by atoms with Crippen LogP contribution in [0.3, 0.4) is 0 Å². The molecule has 3 N–H and O–H groups in total. The fraction of sp³-hybridized carbons (Fsp3) is 0.0714. The first-order valence-corrected chi connectivity index (χ1v) is 6.58. The summed E-state index contributed by atoms with van der Waals surface area (Å²) in [6, 6.07) is 8.53. The van der Waals surface area contributed by atoms with E-state index < -0.39 is 23.4 Å². The molecule has 0 atom stereocenters. The minimum absolute atomic E-state index is 0.000787. The topological polar surface area (TPSA) is 49.9 Å². The average Bonchev–Trinajstić information content (AvgIpc) is 2.40. The quantitative estimate of drug-likeness (QED) is 0.505. The number of nitrogens with two attached hydrogens (primary N) is 1. The van der Waals surface area contributed by atoms with Crippen LogP contribution < -0.4 is 5.73 Å². The molecule has 7 heteroatoms. The van der Waals surface area contributed by atoms with Crippen LogP contribution in [-0.4, -0.2) is 5.84 Å². The lowest BCUT2D eigenvalue weighted by Crippen LogP contribution is -2.14. The summed E-state index contributed by atoms with van der Waals surface area (Å²) in [7, 11) is 0. The molecule has 0 aromatic heterocycles. The second-order valence-corrected chi connectivity index (χ2v) is 5.29. The second kappa shape index (κ2) is 5.77. The van der Waals surface area contributed by atoms with Gasteiger partial charge >= 0.3 is 6.18 Å². The molecule has 110 valence electrons. The number of rotatable bonds is 3. The van der Waals surface area contributed by atoms with Crippen molar-refractivity contribution >= 4 is 17.6 Å². The van der Waals surface area contributed by atoms with Crippen molar-refractivity contribution in [2.75, 3.05) is 0 Å². The lowest BCUT2D eigenvalue weighted by Gasteiger charge is -2.12. The minimum atomic E-state index is -4.50. The molecule has 0 radical (unpaired) electrons. The first-order valence-electron chi connectivity index (χ1n) is 5.76. The predicted octanol–water partition coefficient (Wildman–Crippen LogP) is 4.28. The number of hydrogen-bond acceptors (Lipinski definition) is 2. The van der Waals surface area contributed by atoms with Gasteiger partial charge in [-0.2, -0.15) is 13.2 Å². The van der Waals surface area contributed by atoms with E-state index in [1.165, 1.54) is 30.3 Å². The fourth-order valence-electron chi connectivity index (χ4n) is 1.64. The highest BCUT2D eigenvalue weighted by Crippen LogP contribution is 2.35. The molecule has 0 fully saturated rings. The third-order valence-corrected chi connectivity index (χ3v) is 3.72. The van der Waals surface area contributed by atoms with Gasteiger partial charge in [0.25, 0.3) is 0 Å². The minimum Gasteiger partial charge on any atom is -0.384 e. The summed E-state index contributed by atoms with van der Waals surface area (Å²) in [5.74, 6) is -0.857. The van der Waals surface area contributed by atoms with Gasteiger partial charge in [-0.25, -0.2) is 4.39 Å². The molecule has 2 aromatic carbocycles. The third-order valence-electron chi connectivity index (χ3n) is 2.64. The van der Waals surface area contributed by atoms with E-state index >= 15 is 0 Å². The van der Waals surface area contributed by atoms with E-state index in [9.17, 15) is 17.6 Å². The van der Waals surface area contributed by atoms with E-state index in [0.717, 1.165) is 23.9 Å². The highest BCUT2D eigenvalue weighted by molar-refractivity contribution is 7.99. The summed E-state index contributed by atoms with van der Waals surface area (Å²) < 4.78 is 50.9. The van der Waals surface area contributed by atoms with E-state index in [2.05, 4.69) is 0 Å². The Hall–Kier alpha value is -2.02. The molecule has 0 spiro atoms. The second-order valence-electron chi connectivity index (χ2n) is 4.18. The zero-order chi connectivity index (χ0) is 15.6. The summed E-state index contributed by atoms with van der Waals surface area (Å²) in [6.07, 6.45) is -4.50. The summed E-state index contributed by atoms with van der Waals surface area (Å²) in [5.41, 5.74) is 4.48. The molecule has 0 heterocycles. The van der Waals surface area contributed by atoms with Crippen LogP contribution in [0.4, 0.5) is 17.6 Å². The van der Waals surface area contributed by atoms with Gasteiger partial charge in [0.15, 0.2) is 0 Å². The molecule has 0 aliphatic rings. The zero-order valence-electron chi connectivity index (χ0n) is 10.5. The maximum absolute atomic E-state index is 12.8. The first kappa shape index (κ1) is 15.4. The standard InChI is InChI=1S/C14H10F4N2S/c15-9-2-4-10(5-3-9)21-12-6-1-8(14(16,17)18)7-11(12)13(19)20/h1-7H,(H3,19,20). The van der Waals surface area contributed by atoms with Gasteiger partial charge in [0, 0.05) is 15.4 Å². The Labute approximate surface area is 122 Å². The van der Waals surface area contributed by atoms with Crippen molar-refractivity contribution in [3.05, 3.63) is 59.4 Å². The summed E-state index contributed by atoms with van der Waals surface area (Å²) >= 11 is 1.12. The van der Waals surface area contributed by atoms with Crippen LogP contribution in [0.1, 0.15) is 11.1 Å². The molecule has 0 amide bonds. The van der Waals surface area contributed by atoms with Crippen LogP contribution in [0.2, 0.25) is 0 Å². The van der Waals surface area contributed by atoms with Crippen LogP contribution in [0, 0.1) is 11.2 Å². The van der Waals surface area contributed by atoms with Gasteiger partial charge < -0.3 is 5.73 Å². The van der Waals surface area contributed by atoms with Gasteiger partial charge in [-0.3, -0.25) is 5.41 Å². The summed E-state index contributed by atoms with van der Waals surface area (Å²) in [5, 5.41) is 7.41. The Morgan fingerprint density at radius 1 is 1.05 bits per heavy atom. The van der Waals surface area contributed by atoms with Gasteiger partial charge in [-0.05, 0) is 42.5 Å². The summed E-state index contributed by atoms with van der Waals surface area (Å²) in [4.78, 5) is 1.04. The number of nitrogens with one attached hydrogen (secondary N) is 1. The van der Waals surface area contributed by atoms with E-state index in [0.29, 0.717) is 9.79 Å². The maximum atomic E-state index is 12.8. The highest BCUT2D eigenvalue weighted by Gasteiger charge is 2.31.